The summed E-state index contributed by atoms with van der Waals surface area (Å²) in [7, 11) is 0. The van der Waals surface area contributed by atoms with Gasteiger partial charge in [-0.3, -0.25) is 4.79 Å². The second-order valence-corrected chi connectivity index (χ2v) is 4.11. The minimum atomic E-state index is -1.36. The number of hydrogen-bond acceptors (Lipinski definition) is 2. The molecule has 0 saturated carbocycles. The zero-order chi connectivity index (χ0) is 13.1. The van der Waals surface area contributed by atoms with E-state index in [4.69, 9.17) is 9.84 Å². The van der Waals surface area contributed by atoms with Crippen LogP contribution >= 0.6 is 0 Å². The van der Waals surface area contributed by atoms with E-state index in [0.29, 0.717) is 0 Å². The van der Waals surface area contributed by atoms with E-state index in [0.717, 1.165) is 6.07 Å². The number of carboxylic acid groups (broad SMARTS) is 1. The Bertz CT molecular complexity index is 416. The summed E-state index contributed by atoms with van der Waals surface area (Å²) in [5.41, 5.74) is -1.35. The third-order valence-corrected chi connectivity index (χ3v) is 2.49. The van der Waals surface area contributed by atoms with Gasteiger partial charge in [-0.2, -0.15) is 0 Å². The van der Waals surface area contributed by atoms with Crippen LogP contribution in [-0.4, -0.2) is 24.4 Å². The first kappa shape index (κ1) is 13.4. The predicted octanol–water partition coefficient (Wildman–Crippen LogP) is 2.54. The van der Waals surface area contributed by atoms with Gasteiger partial charge in [-0.15, -0.1) is 0 Å². The van der Waals surface area contributed by atoms with Crippen molar-refractivity contribution >= 4 is 5.97 Å². The van der Waals surface area contributed by atoms with Crippen molar-refractivity contribution in [2.75, 3.05) is 13.3 Å². The number of aliphatic carboxylic acids is 1. The normalized spacial score (nSPS) is 11.3. The van der Waals surface area contributed by atoms with E-state index < -0.39 is 23.9 Å². The molecule has 1 aromatic carbocycles. The second-order valence-electron chi connectivity index (χ2n) is 4.11. The minimum Gasteiger partial charge on any atom is -0.491 e. The molecule has 1 rings (SSSR count). The molecule has 1 aromatic rings. The largest absolute Gasteiger partial charge is 0.491 e. The van der Waals surface area contributed by atoms with Gasteiger partial charge in [-0.1, -0.05) is 0 Å². The zero-order valence-electron chi connectivity index (χ0n) is 9.67. The van der Waals surface area contributed by atoms with Gasteiger partial charge in [0.25, 0.3) is 0 Å². The van der Waals surface area contributed by atoms with Crippen LogP contribution in [0.15, 0.2) is 18.2 Å². The molecule has 3 nitrogen and oxygen atoms in total. The smallest absolute Gasteiger partial charge is 0.313 e. The van der Waals surface area contributed by atoms with Gasteiger partial charge in [-0.05, 0) is 32.0 Å². The molecule has 0 unspecified atom stereocenters. The molecular formula is C12H14F2O3. The molecule has 94 valence electrons. The fourth-order valence-electron chi connectivity index (χ4n) is 1.34. The first-order valence-corrected chi connectivity index (χ1v) is 5.11. The molecule has 0 saturated heterocycles. The Kier molecular flexibility index (Phi) is 4.04. The fraction of sp³-hybridized carbons (Fsp3) is 0.417. The van der Waals surface area contributed by atoms with Gasteiger partial charge in [0.15, 0.2) is 0 Å². The number of carbonyl (C=O) groups is 1. The van der Waals surface area contributed by atoms with Crippen LogP contribution in [0.25, 0.3) is 0 Å². The molecule has 17 heavy (non-hydrogen) atoms. The van der Waals surface area contributed by atoms with E-state index in [2.05, 4.69) is 0 Å². The van der Waals surface area contributed by atoms with Gasteiger partial charge in [0.2, 0.25) is 0 Å². The van der Waals surface area contributed by atoms with E-state index in [1.807, 2.05) is 0 Å². The third-order valence-electron chi connectivity index (χ3n) is 2.49. The van der Waals surface area contributed by atoms with Crippen LogP contribution in [0.2, 0.25) is 0 Å². The van der Waals surface area contributed by atoms with Crippen LogP contribution in [-0.2, 0) is 10.2 Å². The highest BCUT2D eigenvalue weighted by atomic mass is 19.1. The molecule has 0 aliphatic rings. The number of hydrogen-bond donors (Lipinski definition) is 1. The molecule has 1 N–H and O–H groups in total. The zero-order valence-corrected chi connectivity index (χ0v) is 9.67. The quantitative estimate of drug-likeness (QED) is 0.865. The Morgan fingerprint density at radius 2 is 2.12 bits per heavy atom. The predicted molar refractivity (Wildman–Crippen MR) is 58.5 cm³/mol. The lowest BCUT2D eigenvalue weighted by atomic mass is 9.84. The van der Waals surface area contributed by atoms with Crippen molar-refractivity contribution in [2.45, 2.75) is 19.3 Å². The Balaban J connectivity index is 3.10. The molecule has 0 aromatic heterocycles. The molecule has 0 fully saturated rings. The molecule has 0 aliphatic heterocycles. The molecule has 0 radical (unpaired) electrons. The molecule has 0 bridgehead atoms. The maximum absolute atomic E-state index is 13.6. The van der Waals surface area contributed by atoms with E-state index in [-0.39, 0.29) is 17.9 Å². The topological polar surface area (TPSA) is 46.5 Å². The van der Waals surface area contributed by atoms with Crippen molar-refractivity contribution in [3.63, 3.8) is 0 Å². The maximum atomic E-state index is 13.6. The van der Waals surface area contributed by atoms with Gasteiger partial charge < -0.3 is 9.84 Å². The Labute approximate surface area is 98.0 Å². The lowest BCUT2D eigenvalue weighted by Crippen LogP contribution is -2.29. The van der Waals surface area contributed by atoms with Gasteiger partial charge >= 0.3 is 5.97 Å². The van der Waals surface area contributed by atoms with Crippen LogP contribution in [0.4, 0.5) is 8.78 Å². The number of halogens is 2. The minimum absolute atomic E-state index is 0.0151. The highest BCUT2D eigenvalue weighted by Crippen LogP contribution is 2.29. The van der Waals surface area contributed by atoms with Crippen molar-refractivity contribution in [2.24, 2.45) is 0 Å². The van der Waals surface area contributed by atoms with Crippen LogP contribution in [0.5, 0.6) is 5.75 Å². The molecule has 0 spiro atoms. The van der Waals surface area contributed by atoms with Crippen molar-refractivity contribution in [1.29, 1.82) is 0 Å². The standard InChI is InChI=1S/C12H14F2O3/c1-12(2,11(15)16)9-7-8(17-6-5-13)3-4-10(9)14/h3-4,7H,5-6H2,1-2H3,(H,15,16). The number of benzene rings is 1. The highest BCUT2D eigenvalue weighted by molar-refractivity contribution is 5.80. The van der Waals surface area contributed by atoms with Crippen molar-refractivity contribution in [1.82, 2.24) is 0 Å². The Morgan fingerprint density at radius 1 is 1.47 bits per heavy atom. The molecule has 0 atom stereocenters. The third kappa shape index (κ3) is 2.93. The lowest BCUT2D eigenvalue weighted by molar-refractivity contribution is -0.142. The number of ether oxygens (including phenoxy) is 1. The Morgan fingerprint density at radius 3 is 2.65 bits per heavy atom. The average molecular weight is 244 g/mol. The molecule has 0 heterocycles. The monoisotopic (exact) mass is 244 g/mol. The van der Waals surface area contributed by atoms with E-state index in [1.54, 1.807) is 0 Å². The van der Waals surface area contributed by atoms with Crippen molar-refractivity contribution < 1.29 is 23.4 Å². The maximum Gasteiger partial charge on any atom is 0.313 e. The summed E-state index contributed by atoms with van der Waals surface area (Å²) in [4.78, 5) is 11.0. The van der Waals surface area contributed by atoms with Crippen LogP contribution in [0, 0.1) is 5.82 Å². The van der Waals surface area contributed by atoms with Crippen molar-refractivity contribution in [3.8, 4) is 5.75 Å². The van der Waals surface area contributed by atoms with Gasteiger partial charge in [0.05, 0.1) is 5.41 Å². The number of carboxylic acids is 1. The second kappa shape index (κ2) is 5.12. The number of rotatable bonds is 5. The molecule has 0 aliphatic carbocycles. The van der Waals surface area contributed by atoms with Crippen LogP contribution < -0.4 is 4.74 Å². The first-order valence-electron chi connectivity index (χ1n) is 5.11. The SMILES string of the molecule is CC(C)(C(=O)O)c1cc(OCCF)ccc1F. The molecule has 5 heteroatoms. The summed E-state index contributed by atoms with van der Waals surface area (Å²) in [6.07, 6.45) is 0. The summed E-state index contributed by atoms with van der Waals surface area (Å²) in [6, 6.07) is 3.75. The first-order chi connectivity index (χ1) is 7.89. The summed E-state index contributed by atoms with van der Waals surface area (Å²) >= 11 is 0. The van der Waals surface area contributed by atoms with Crippen molar-refractivity contribution in [3.05, 3.63) is 29.6 Å². The van der Waals surface area contributed by atoms with Gasteiger partial charge in [0, 0.05) is 5.56 Å². The fourth-order valence-corrected chi connectivity index (χ4v) is 1.34. The van der Waals surface area contributed by atoms with E-state index in [1.165, 1.54) is 26.0 Å². The van der Waals surface area contributed by atoms with Gasteiger partial charge in [-0.25, -0.2) is 8.78 Å². The van der Waals surface area contributed by atoms with Crippen LogP contribution in [0.1, 0.15) is 19.4 Å². The van der Waals surface area contributed by atoms with Gasteiger partial charge in [0.1, 0.15) is 24.8 Å². The van der Waals surface area contributed by atoms with E-state index in [9.17, 15) is 13.6 Å². The summed E-state index contributed by atoms with van der Waals surface area (Å²) < 4.78 is 30.5. The van der Waals surface area contributed by atoms with E-state index >= 15 is 0 Å². The summed E-state index contributed by atoms with van der Waals surface area (Å²) in [5, 5.41) is 9.02. The molecular weight excluding hydrogens is 230 g/mol. The summed E-state index contributed by atoms with van der Waals surface area (Å²) in [6.45, 7) is 1.99. The highest BCUT2D eigenvalue weighted by Gasteiger charge is 2.32. The average Bonchev–Trinajstić information content (AvgIpc) is 2.27. The van der Waals surface area contributed by atoms with Crippen LogP contribution in [0.3, 0.4) is 0 Å². The molecule has 0 amide bonds. The summed E-state index contributed by atoms with van der Waals surface area (Å²) in [5.74, 6) is -1.50. The Hall–Kier alpha value is -1.65. The number of alkyl halides is 1. The lowest BCUT2D eigenvalue weighted by Gasteiger charge is -2.21.